The second-order valence-electron chi connectivity index (χ2n) is 5.73. The molecule has 1 aliphatic rings. The van der Waals surface area contributed by atoms with Crippen molar-refractivity contribution in [2.24, 2.45) is 5.92 Å². The molecule has 4 nitrogen and oxygen atoms in total. The average Bonchev–Trinajstić information content (AvgIpc) is 2.30. The third-order valence-corrected chi connectivity index (χ3v) is 3.76. The van der Waals surface area contributed by atoms with E-state index in [0.717, 1.165) is 43.0 Å². The first kappa shape index (κ1) is 13.3. The molecule has 1 aromatic rings. The molecule has 1 aliphatic carbocycles. The van der Waals surface area contributed by atoms with Crippen LogP contribution in [-0.4, -0.2) is 27.2 Å². The molecule has 0 bridgehead atoms. The maximum absolute atomic E-state index is 10.5. The zero-order valence-electron chi connectivity index (χ0n) is 11.5. The van der Waals surface area contributed by atoms with Gasteiger partial charge in [0, 0.05) is 17.9 Å². The van der Waals surface area contributed by atoms with Crippen LogP contribution in [-0.2, 0) is 0 Å². The summed E-state index contributed by atoms with van der Waals surface area (Å²) in [4.78, 5) is 8.66. The summed E-state index contributed by atoms with van der Waals surface area (Å²) < 4.78 is 0. The molecule has 0 aliphatic heterocycles. The minimum atomic E-state index is -0.590. The molecule has 4 heteroatoms. The van der Waals surface area contributed by atoms with Gasteiger partial charge in [0.25, 0.3) is 0 Å². The van der Waals surface area contributed by atoms with E-state index in [1.54, 1.807) is 0 Å². The van der Waals surface area contributed by atoms with E-state index in [-0.39, 0.29) is 0 Å². The molecule has 18 heavy (non-hydrogen) atoms. The minimum absolute atomic E-state index is 0.544. The largest absolute Gasteiger partial charge is 0.388 e. The average molecular weight is 249 g/mol. The molecule has 0 radical (unpaired) electrons. The van der Waals surface area contributed by atoms with Crippen molar-refractivity contribution in [3.05, 3.63) is 17.5 Å². The van der Waals surface area contributed by atoms with Crippen LogP contribution in [0.5, 0.6) is 0 Å². The Morgan fingerprint density at radius 3 is 2.39 bits per heavy atom. The summed E-state index contributed by atoms with van der Waals surface area (Å²) in [5.41, 5.74) is 1.32. The van der Waals surface area contributed by atoms with Crippen molar-refractivity contribution >= 4 is 5.95 Å². The van der Waals surface area contributed by atoms with Crippen molar-refractivity contribution in [2.75, 3.05) is 11.9 Å². The van der Waals surface area contributed by atoms with Crippen LogP contribution in [0.1, 0.15) is 44.0 Å². The van der Waals surface area contributed by atoms with Crippen LogP contribution in [0.2, 0.25) is 0 Å². The van der Waals surface area contributed by atoms with Crippen LogP contribution in [0.3, 0.4) is 0 Å². The lowest BCUT2D eigenvalue weighted by Gasteiger charge is -2.34. The summed E-state index contributed by atoms with van der Waals surface area (Å²) in [6.07, 6.45) is 3.94. The molecule has 100 valence electrons. The molecule has 1 saturated carbocycles. The highest BCUT2D eigenvalue weighted by Crippen LogP contribution is 2.31. The third-order valence-electron chi connectivity index (χ3n) is 3.76. The van der Waals surface area contributed by atoms with Crippen LogP contribution < -0.4 is 5.32 Å². The fourth-order valence-electron chi connectivity index (χ4n) is 2.52. The Morgan fingerprint density at radius 2 is 1.83 bits per heavy atom. The molecule has 0 saturated heterocycles. The van der Waals surface area contributed by atoms with Crippen LogP contribution in [0.15, 0.2) is 6.07 Å². The van der Waals surface area contributed by atoms with Gasteiger partial charge in [0.2, 0.25) is 5.95 Å². The van der Waals surface area contributed by atoms with E-state index in [9.17, 15) is 5.11 Å². The molecule has 1 heterocycles. The van der Waals surface area contributed by atoms with Gasteiger partial charge in [0.15, 0.2) is 0 Å². The van der Waals surface area contributed by atoms with Crippen LogP contribution in [0.4, 0.5) is 5.95 Å². The molecule has 1 fully saturated rings. The highest BCUT2D eigenvalue weighted by Gasteiger charge is 2.31. The van der Waals surface area contributed by atoms with E-state index < -0.39 is 5.60 Å². The number of nitrogens with one attached hydrogen (secondary N) is 1. The summed E-state index contributed by atoms with van der Waals surface area (Å²) in [6.45, 7) is 6.70. The number of hydrogen-bond donors (Lipinski definition) is 2. The number of aliphatic hydroxyl groups is 1. The molecular weight excluding hydrogens is 226 g/mol. The zero-order valence-corrected chi connectivity index (χ0v) is 11.5. The van der Waals surface area contributed by atoms with Gasteiger partial charge < -0.3 is 10.4 Å². The molecule has 1 aromatic heterocycles. The normalized spacial score (nSPS) is 28.1. The molecule has 0 amide bonds. The first-order valence-electron chi connectivity index (χ1n) is 6.75. The van der Waals surface area contributed by atoms with Gasteiger partial charge in [0.05, 0.1) is 5.60 Å². The van der Waals surface area contributed by atoms with Crippen molar-refractivity contribution < 1.29 is 5.11 Å². The second-order valence-corrected chi connectivity index (χ2v) is 5.73. The topological polar surface area (TPSA) is 58.0 Å². The van der Waals surface area contributed by atoms with E-state index >= 15 is 0 Å². The smallest absolute Gasteiger partial charge is 0.223 e. The van der Waals surface area contributed by atoms with Crippen molar-refractivity contribution in [1.29, 1.82) is 0 Å². The lowest BCUT2D eigenvalue weighted by Crippen LogP contribution is -2.40. The summed E-state index contributed by atoms with van der Waals surface area (Å²) in [7, 11) is 0. The van der Waals surface area contributed by atoms with Gasteiger partial charge in [-0.05, 0) is 51.5 Å². The number of nitrogens with zero attached hydrogens (tertiary/aromatic N) is 2. The fraction of sp³-hybridized carbons (Fsp3) is 0.714. The highest BCUT2D eigenvalue weighted by molar-refractivity contribution is 5.28. The van der Waals surface area contributed by atoms with Crippen LogP contribution in [0, 0.1) is 19.8 Å². The number of aryl methyl sites for hydroxylation is 2. The van der Waals surface area contributed by atoms with E-state index in [0.29, 0.717) is 12.5 Å². The van der Waals surface area contributed by atoms with Crippen molar-refractivity contribution in [3.63, 3.8) is 0 Å². The van der Waals surface area contributed by atoms with E-state index in [4.69, 9.17) is 0 Å². The van der Waals surface area contributed by atoms with Crippen LogP contribution in [0.25, 0.3) is 0 Å². The summed E-state index contributed by atoms with van der Waals surface area (Å²) in [6, 6.07) is 1.95. The van der Waals surface area contributed by atoms with Gasteiger partial charge in [0.1, 0.15) is 0 Å². The number of anilines is 1. The SMILES string of the molecule is Cc1cc(C)nc(NCC2(O)CCC(C)CC2)n1. The van der Waals surface area contributed by atoms with E-state index in [1.807, 2.05) is 19.9 Å². The Balaban J connectivity index is 1.94. The Kier molecular flexibility index (Phi) is 3.85. The zero-order chi connectivity index (χ0) is 13.2. The Hall–Kier alpha value is -1.16. The molecule has 0 spiro atoms. The number of rotatable bonds is 3. The first-order chi connectivity index (χ1) is 8.47. The predicted molar refractivity (Wildman–Crippen MR) is 72.6 cm³/mol. The summed E-state index contributed by atoms with van der Waals surface area (Å²) in [5, 5.41) is 13.7. The van der Waals surface area contributed by atoms with E-state index in [1.165, 1.54) is 0 Å². The van der Waals surface area contributed by atoms with Crippen molar-refractivity contribution in [2.45, 2.75) is 52.1 Å². The second kappa shape index (κ2) is 5.22. The van der Waals surface area contributed by atoms with E-state index in [2.05, 4.69) is 22.2 Å². The Labute approximate surface area is 109 Å². The molecular formula is C14H23N3O. The van der Waals surface area contributed by atoms with Gasteiger partial charge in [-0.1, -0.05) is 6.92 Å². The highest BCUT2D eigenvalue weighted by atomic mass is 16.3. The maximum atomic E-state index is 10.5. The van der Waals surface area contributed by atoms with Gasteiger partial charge >= 0.3 is 0 Å². The van der Waals surface area contributed by atoms with Crippen LogP contribution >= 0.6 is 0 Å². The summed E-state index contributed by atoms with van der Waals surface area (Å²) >= 11 is 0. The number of hydrogen-bond acceptors (Lipinski definition) is 4. The van der Waals surface area contributed by atoms with Crippen molar-refractivity contribution in [1.82, 2.24) is 9.97 Å². The molecule has 0 aromatic carbocycles. The molecule has 0 atom stereocenters. The number of aromatic nitrogens is 2. The predicted octanol–water partition coefficient (Wildman–Crippen LogP) is 2.45. The maximum Gasteiger partial charge on any atom is 0.223 e. The van der Waals surface area contributed by atoms with Gasteiger partial charge in [-0.2, -0.15) is 0 Å². The Morgan fingerprint density at radius 1 is 1.28 bits per heavy atom. The minimum Gasteiger partial charge on any atom is -0.388 e. The third kappa shape index (κ3) is 3.42. The molecule has 0 unspecified atom stereocenters. The first-order valence-corrected chi connectivity index (χ1v) is 6.75. The standard InChI is InChI=1S/C14H23N3O/c1-10-4-6-14(18,7-5-10)9-15-13-16-11(2)8-12(3)17-13/h8,10,18H,4-7,9H2,1-3H3,(H,15,16,17). The quantitative estimate of drug-likeness (QED) is 0.864. The van der Waals surface area contributed by atoms with Gasteiger partial charge in [-0.15, -0.1) is 0 Å². The monoisotopic (exact) mass is 249 g/mol. The molecule has 2 N–H and O–H groups in total. The van der Waals surface area contributed by atoms with Crippen molar-refractivity contribution in [3.8, 4) is 0 Å². The lowest BCUT2D eigenvalue weighted by molar-refractivity contribution is 0.00487. The van der Waals surface area contributed by atoms with Gasteiger partial charge in [-0.25, -0.2) is 9.97 Å². The molecule has 2 rings (SSSR count). The lowest BCUT2D eigenvalue weighted by atomic mass is 9.79. The van der Waals surface area contributed by atoms with Gasteiger partial charge in [-0.3, -0.25) is 0 Å². The Bertz CT molecular complexity index is 391. The summed E-state index contributed by atoms with van der Waals surface area (Å²) in [5.74, 6) is 1.36. The fourth-order valence-corrected chi connectivity index (χ4v) is 2.52.